The van der Waals surface area contributed by atoms with Crippen LogP contribution in [0.25, 0.3) is 0 Å². The molecule has 0 aliphatic rings. The van der Waals surface area contributed by atoms with Crippen LogP contribution in [0.3, 0.4) is 0 Å². The summed E-state index contributed by atoms with van der Waals surface area (Å²) in [5, 5.41) is 5.25. The summed E-state index contributed by atoms with van der Waals surface area (Å²) in [6.45, 7) is 3.74. The van der Waals surface area contributed by atoms with Gasteiger partial charge < -0.3 is 15.4 Å². The largest absolute Gasteiger partial charge is 0.445 e. The van der Waals surface area contributed by atoms with Crippen LogP contribution in [0.1, 0.15) is 18.1 Å². The molecule has 0 saturated carbocycles. The summed E-state index contributed by atoms with van der Waals surface area (Å²) >= 11 is 0. The topological polar surface area (TPSA) is 67.4 Å². The fourth-order valence-corrected chi connectivity index (χ4v) is 1.89. The third-order valence-corrected chi connectivity index (χ3v) is 3.26. The first-order valence-corrected chi connectivity index (χ1v) is 7.39. The highest BCUT2D eigenvalue weighted by Crippen LogP contribution is 2.09. The van der Waals surface area contributed by atoms with E-state index in [4.69, 9.17) is 4.74 Å². The van der Waals surface area contributed by atoms with Gasteiger partial charge in [-0.15, -0.1) is 0 Å². The van der Waals surface area contributed by atoms with Crippen LogP contribution in [0.2, 0.25) is 0 Å². The molecule has 5 nitrogen and oxygen atoms in total. The number of hydrogen-bond acceptors (Lipinski definition) is 3. The van der Waals surface area contributed by atoms with Crippen LogP contribution < -0.4 is 10.6 Å². The van der Waals surface area contributed by atoms with Gasteiger partial charge in [-0.25, -0.2) is 4.79 Å². The van der Waals surface area contributed by atoms with Crippen LogP contribution in [0.4, 0.5) is 10.5 Å². The molecule has 0 aliphatic heterocycles. The summed E-state index contributed by atoms with van der Waals surface area (Å²) in [5.74, 6) is -0.300. The molecule has 2 aromatic rings. The highest BCUT2D eigenvalue weighted by molar-refractivity contribution is 5.96. The molecule has 120 valence electrons. The number of benzene rings is 2. The van der Waals surface area contributed by atoms with Gasteiger partial charge in [-0.3, -0.25) is 4.79 Å². The normalized spacial score (nSPS) is 11.4. The molecule has 1 unspecified atom stereocenters. The van der Waals surface area contributed by atoms with Crippen molar-refractivity contribution >= 4 is 17.7 Å². The first-order chi connectivity index (χ1) is 11.0. The number of ether oxygens (including phenoxy) is 1. The Hall–Kier alpha value is -2.82. The van der Waals surface area contributed by atoms with Crippen LogP contribution in [0, 0.1) is 6.92 Å². The second-order valence-corrected chi connectivity index (χ2v) is 5.28. The second-order valence-electron chi connectivity index (χ2n) is 5.28. The molecule has 0 fully saturated rings. The van der Waals surface area contributed by atoms with Gasteiger partial charge in [0.05, 0.1) is 0 Å². The Morgan fingerprint density at radius 1 is 1.04 bits per heavy atom. The molecule has 2 N–H and O–H groups in total. The first kappa shape index (κ1) is 16.5. The molecule has 0 saturated heterocycles. The standard InChI is InChI=1S/C18H20N2O3/c1-13-8-10-16(11-9-13)20-17(21)14(2)19-18(22)23-12-15-6-4-3-5-7-15/h3-11,14H,12H2,1-2H3,(H,19,22)(H,20,21). The lowest BCUT2D eigenvalue weighted by Gasteiger charge is -2.14. The van der Waals surface area contributed by atoms with Crippen molar-refractivity contribution in [3.63, 3.8) is 0 Å². The molecule has 23 heavy (non-hydrogen) atoms. The van der Waals surface area contributed by atoms with Crippen molar-refractivity contribution in [1.82, 2.24) is 5.32 Å². The summed E-state index contributed by atoms with van der Waals surface area (Å²) < 4.78 is 5.08. The Balaban J connectivity index is 1.78. The Morgan fingerprint density at radius 3 is 2.35 bits per heavy atom. The van der Waals surface area contributed by atoms with Crippen LogP contribution in [0.15, 0.2) is 54.6 Å². The SMILES string of the molecule is Cc1ccc(NC(=O)C(C)NC(=O)OCc2ccccc2)cc1. The number of carbonyl (C=O) groups excluding carboxylic acids is 2. The number of carbonyl (C=O) groups is 2. The Labute approximate surface area is 135 Å². The number of nitrogens with one attached hydrogen (secondary N) is 2. The maximum absolute atomic E-state index is 12.0. The minimum Gasteiger partial charge on any atom is -0.445 e. The monoisotopic (exact) mass is 312 g/mol. The summed E-state index contributed by atoms with van der Waals surface area (Å²) in [6, 6.07) is 16.1. The second kappa shape index (κ2) is 7.98. The van der Waals surface area contributed by atoms with Crippen LogP contribution in [-0.2, 0) is 16.1 Å². The van der Waals surface area contributed by atoms with E-state index in [2.05, 4.69) is 10.6 Å². The summed E-state index contributed by atoms with van der Waals surface area (Å²) in [4.78, 5) is 23.7. The van der Waals surface area contributed by atoms with Crippen molar-refractivity contribution in [2.24, 2.45) is 0 Å². The maximum Gasteiger partial charge on any atom is 0.408 e. The summed E-state index contributed by atoms with van der Waals surface area (Å²) in [6.07, 6.45) is -0.625. The van der Waals surface area contributed by atoms with Gasteiger partial charge in [0.2, 0.25) is 5.91 Å². The van der Waals surface area contributed by atoms with Gasteiger partial charge in [0.1, 0.15) is 12.6 Å². The van der Waals surface area contributed by atoms with Gasteiger partial charge in [0, 0.05) is 5.69 Å². The number of anilines is 1. The predicted molar refractivity (Wildman–Crippen MR) is 89.0 cm³/mol. The van der Waals surface area contributed by atoms with Gasteiger partial charge in [-0.1, -0.05) is 48.0 Å². The van der Waals surface area contributed by atoms with Crippen molar-refractivity contribution in [2.45, 2.75) is 26.5 Å². The highest BCUT2D eigenvalue weighted by atomic mass is 16.5. The van der Waals surface area contributed by atoms with Crippen molar-refractivity contribution in [1.29, 1.82) is 0 Å². The molecule has 5 heteroatoms. The third kappa shape index (κ3) is 5.47. The lowest BCUT2D eigenvalue weighted by Crippen LogP contribution is -2.41. The van der Waals surface area contributed by atoms with Gasteiger partial charge in [-0.2, -0.15) is 0 Å². The van der Waals surface area contributed by atoms with Crippen molar-refractivity contribution < 1.29 is 14.3 Å². The van der Waals surface area contributed by atoms with E-state index in [1.807, 2.05) is 61.5 Å². The van der Waals surface area contributed by atoms with E-state index in [1.54, 1.807) is 6.92 Å². The number of hydrogen-bond donors (Lipinski definition) is 2. The van der Waals surface area contributed by atoms with E-state index < -0.39 is 12.1 Å². The van der Waals surface area contributed by atoms with E-state index >= 15 is 0 Å². The van der Waals surface area contributed by atoms with Crippen molar-refractivity contribution in [3.05, 3.63) is 65.7 Å². The molecule has 2 aromatic carbocycles. The summed E-state index contributed by atoms with van der Waals surface area (Å²) in [5.41, 5.74) is 2.69. The van der Waals surface area contributed by atoms with E-state index in [-0.39, 0.29) is 12.5 Å². The Bertz CT molecular complexity index is 654. The van der Waals surface area contributed by atoms with Gasteiger partial charge in [-0.05, 0) is 31.5 Å². The number of rotatable bonds is 5. The van der Waals surface area contributed by atoms with Crippen molar-refractivity contribution in [2.75, 3.05) is 5.32 Å². The van der Waals surface area contributed by atoms with Crippen LogP contribution in [-0.4, -0.2) is 18.0 Å². The highest BCUT2D eigenvalue weighted by Gasteiger charge is 2.16. The lowest BCUT2D eigenvalue weighted by atomic mass is 10.2. The molecule has 0 radical (unpaired) electrons. The number of alkyl carbamates (subject to hydrolysis) is 1. The van der Waals surface area contributed by atoms with Crippen LogP contribution in [0.5, 0.6) is 0 Å². The van der Waals surface area contributed by atoms with E-state index in [0.29, 0.717) is 5.69 Å². The van der Waals surface area contributed by atoms with Gasteiger partial charge in [0.15, 0.2) is 0 Å². The average molecular weight is 312 g/mol. The van der Waals surface area contributed by atoms with E-state index in [0.717, 1.165) is 11.1 Å². The Morgan fingerprint density at radius 2 is 1.70 bits per heavy atom. The minimum absolute atomic E-state index is 0.166. The lowest BCUT2D eigenvalue weighted by molar-refractivity contribution is -0.117. The smallest absolute Gasteiger partial charge is 0.408 e. The molecule has 0 spiro atoms. The molecular formula is C18H20N2O3. The van der Waals surface area contributed by atoms with Gasteiger partial charge >= 0.3 is 6.09 Å². The van der Waals surface area contributed by atoms with Gasteiger partial charge in [0.25, 0.3) is 0 Å². The fraction of sp³-hybridized carbons (Fsp3) is 0.222. The summed E-state index contributed by atoms with van der Waals surface area (Å²) in [7, 11) is 0. The third-order valence-electron chi connectivity index (χ3n) is 3.26. The Kier molecular flexibility index (Phi) is 5.74. The van der Waals surface area contributed by atoms with E-state index in [9.17, 15) is 9.59 Å². The molecule has 2 rings (SSSR count). The molecule has 2 amide bonds. The molecule has 0 heterocycles. The fourth-order valence-electron chi connectivity index (χ4n) is 1.89. The number of aryl methyl sites for hydroxylation is 1. The predicted octanol–water partition coefficient (Wildman–Crippen LogP) is 3.25. The maximum atomic E-state index is 12.0. The van der Waals surface area contributed by atoms with Crippen molar-refractivity contribution in [3.8, 4) is 0 Å². The molecule has 0 bridgehead atoms. The molecule has 1 atom stereocenters. The van der Waals surface area contributed by atoms with E-state index in [1.165, 1.54) is 0 Å². The quantitative estimate of drug-likeness (QED) is 0.890. The molecule has 0 aromatic heterocycles. The number of amides is 2. The zero-order valence-electron chi connectivity index (χ0n) is 13.2. The zero-order chi connectivity index (χ0) is 16.7. The first-order valence-electron chi connectivity index (χ1n) is 7.39. The molecule has 0 aliphatic carbocycles. The van der Waals surface area contributed by atoms with Crippen LogP contribution >= 0.6 is 0 Å². The minimum atomic E-state index is -0.695. The molecular weight excluding hydrogens is 292 g/mol. The average Bonchev–Trinajstić information content (AvgIpc) is 2.56. The zero-order valence-corrected chi connectivity index (χ0v) is 13.2.